The second-order valence-electron chi connectivity index (χ2n) is 5.91. The number of nitrogens with zero attached hydrogens (tertiary/aromatic N) is 2. The molecule has 0 saturated carbocycles. The molecule has 0 fully saturated rings. The van der Waals surface area contributed by atoms with E-state index < -0.39 is 39.1 Å². The Morgan fingerprint density at radius 3 is 1.41 bits per heavy atom. The fourth-order valence-electron chi connectivity index (χ4n) is 2.47. The lowest BCUT2D eigenvalue weighted by Gasteiger charge is -2.37. The van der Waals surface area contributed by atoms with Crippen molar-refractivity contribution in [3.63, 3.8) is 0 Å². The van der Waals surface area contributed by atoms with Crippen LogP contribution in [0.4, 0.5) is 0 Å². The second kappa shape index (κ2) is 10.9. The molecule has 156 valence electrons. The first-order valence-electron chi connectivity index (χ1n) is 8.17. The molecule has 11 heteroatoms. The first-order valence-corrected chi connectivity index (χ1v) is 12.2. The Kier molecular flexibility index (Phi) is 10.4. The van der Waals surface area contributed by atoms with Crippen molar-refractivity contribution in [3.8, 4) is 0 Å². The van der Waals surface area contributed by atoms with Crippen LogP contribution in [0.25, 0.3) is 0 Å². The Bertz CT molecular complexity index is 599. The van der Waals surface area contributed by atoms with Crippen LogP contribution in [0, 0.1) is 0 Å². The molecule has 4 unspecified atom stereocenters. The number of rotatable bonds is 12. The first kappa shape index (κ1) is 25.8. The zero-order chi connectivity index (χ0) is 21.4. The van der Waals surface area contributed by atoms with Gasteiger partial charge in [-0.25, -0.2) is 13.7 Å². The van der Waals surface area contributed by atoms with Crippen LogP contribution in [-0.2, 0) is 32.5 Å². The number of methoxy groups -OCH3 is 2. The second-order valence-corrected chi connectivity index (χ2v) is 10.8. The summed E-state index contributed by atoms with van der Waals surface area (Å²) in [5, 5.41) is 0. The summed E-state index contributed by atoms with van der Waals surface area (Å²) in [4.78, 5) is 23.8. The average molecular weight is 424 g/mol. The molecule has 0 rings (SSSR count). The van der Waals surface area contributed by atoms with Gasteiger partial charge < -0.3 is 9.47 Å². The summed E-state index contributed by atoms with van der Waals surface area (Å²) < 4.78 is 43.9. The van der Waals surface area contributed by atoms with Crippen molar-refractivity contribution < 1.29 is 32.5 Å². The molecule has 0 aliphatic carbocycles. The Morgan fingerprint density at radius 2 is 1.19 bits per heavy atom. The number of hydrogen-bond donors (Lipinski definition) is 0. The molecule has 0 N–H and O–H groups in total. The Hall–Kier alpha value is -1.24. The number of carbonyl (C=O) groups is 2. The molecule has 9 nitrogen and oxygen atoms in total. The maximum Gasteiger partial charge on any atom is 0.323 e. The van der Waals surface area contributed by atoms with Gasteiger partial charge in [0.05, 0.1) is 14.2 Å². The minimum absolute atomic E-state index is 0.0397. The minimum Gasteiger partial charge on any atom is -0.468 e. The van der Waals surface area contributed by atoms with Crippen LogP contribution < -0.4 is 0 Å². The monoisotopic (exact) mass is 424 g/mol. The van der Waals surface area contributed by atoms with Crippen molar-refractivity contribution in [3.05, 3.63) is 25.3 Å². The van der Waals surface area contributed by atoms with Crippen molar-refractivity contribution in [1.29, 1.82) is 0 Å². The number of hydrogen-bond acceptors (Lipinski definition) is 7. The van der Waals surface area contributed by atoms with Crippen LogP contribution in [0.1, 0.15) is 13.8 Å². The third-order valence-electron chi connectivity index (χ3n) is 3.85. The number of ether oxygens (including phenoxy) is 2. The third kappa shape index (κ3) is 7.01. The fourth-order valence-corrected chi connectivity index (χ4v) is 7.74. The molecule has 0 aromatic rings. The van der Waals surface area contributed by atoms with E-state index in [0.29, 0.717) is 0 Å². The van der Waals surface area contributed by atoms with Gasteiger partial charge >= 0.3 is 11.9 Å². The van der Waals surface area contributed by atoms with Crippen molar-refractivity contribution in [1.82, 2.24) is 9.34 Å². The third-order valence-corrected chi connectivity index (χ3v) is 9.16. The summed E-state index contributed by atoms with van der Waals surface area (Å²) in [6, 6.07) is -1.84. The maximum absolute atomic E-state index is 13.3. The van der Waals surface area contributed by atoms with Crippen LogP contribution in [0.3, 0.4) is 0 Å². The molecule has 0 radical (unpaired) electrons. The van der Waals surface area contributed by atoms with Gasteiger partial charge in [0.2, 0.25) is 0 Å². The van der Waals surface area contributed by atoms with E-state index >= 15 is 0 Å². The Balaban J connectivity index is 5.84. The quantitative estimate of drug-likeness (QED) is 0.266. The standard InChI is InChI=1S/C16H30N2O7P2/c1-9-11-17(13(3)15(19)23-5)26(7,21)25-27(8,22)18(12-10-2)14(4)16(20)24-6/h9-10,13-14H,1-2,11-12H2,3-8H3. The van der Waals surface area contributed by atoms with Gasteiger partial charge in [0.25, 0.3) is 15.0 Å². The van der Waals surface area contributed by atoms with E-state index in [2.05, 4.69) is 22.6 Å². The number of esters is 2. The molecule has 27 heavy (non-hydrogen) atoms. The lowest BCUT2D eigenvalue weighted by atomic mass is 10.3. The van der Waals surface area contributed by atoms with E-state index in [1.807, 2.05) is 0 Å². The summed E-state index contributed by atoms with van der Waals surface area (Å²) in [6.45, 7) is 12.7. The SMILES string of the molecule is C=CCN(C(C)C(=O)OC)P(C)(=O)OP(C)(=O)N(CC=C)C(C)C(=O)OC. The molecular weight excluding hydrogens is 394 g/mol. The maximum atomic E-state index is 13.3. The smallest absolute Gasteiger partial charge is 0.323 e. The molecule has 0 bridgehead atoms. The van der Waals surface area contributed by atoms with Gasteiger partial charge in [-0.1, -0.05) is 12.2 Å². The zero-order valence-corrected chi connectivity index (χ0v) is 18.6. The highest BCUT2D eigenvalue weighted by Gasteiger charge is 2.42. The molecule has 0 spiro atoms. The first-order chi connectivity index (χ1) is 12.4. The molecular formula is C16H30N2O7P2. The predicted molar refractivity (Wildman–Crippen MR) is 105 cm³/mol. The van der Waals surface area contributed by atoms with Crippen LogP contribution in [-0.4, -0.2) is 74.0 Å². The summed E-state index contributed by atoms with van der Waals surface area (Å²) in [6.07, 6.45) is 2.89. The highest BCUT2D eigenvalue weighted by Crippen LogP contribution is 2.64. The lowest BCUT2D eigenvalue weighted by Crippen LogP contribution is -2.40. The van der Waals surface area contributed by atoms with E-state index in [1.54, 1.807) is 0 Å². The molecule has 0 heterocycles. The molecule has 0 aliphatic heterocycles. The largest absolute Gasteiger partial charge is 0.468 e. The zero-order valence-electron chi connectivity index (χ0n) is 16.8. The molecule has 0 saturated heterocycles. The van der Waals surface area contributed by atoms with Crippen LogP contribution in [0.15, 0.2) is 25.3 Å². The highest BCUT2D eigenvalue weighted by molar-refractivity contribution is 7.69. The summed E-state index contributed by atoms with van der Waals surface area (Å²) in [7, 11) is -5.08. The Labute approximate surface area is 161 Å². The summed E-state index contributed by atoms with van der Waals surface area (Å²) >= 11 is 0. The molecule has 0 aliphatic rings. The molecule has 0 aromatic carbocycles. The van der Waals surface area contributed by atoms with E-state index in [-0.39, 0.29) is 13.1 Å². The molecule has 0 aromatic heterocycles. The van der Waals surface area contributed by atoms with Gasteiger partial charge in [-0.15, -0.1) is 13.2 Å². The molecule has 4 atom stereocenters. The van der Waals surface area contributed by atoms with E-state index in [9.17, 15) is 18.7 Å². The van der Waals surface area contributed by atoms with E-state index in [4.69, 9.17) is 4.31 Å². The van der Waals surface area contributed by atoms with Gasteiger partial charge in [0.15, 0.2) is 0 Å². The van der Waals surface area contributed by atoms with Gasteiger partial charge in [-0.3, -0.25) is 18.7 Å². The van der Waals surface area contributed by atoms with Crippen molar-refractivity contribution in [2.45, 2.75) is 25.9 Å². The van der Waals surface area contributed by atoms with E-state index in [0.717, 1.165) is 0 Å². The Morgan fingerprint density at radius 1 is 0.889 bits per heavy atom. The summed E-state index contributed by atoms with van der Waals surface area (Å²) in [5.74, 6) is -1.25. The topological polar surface area (TPSA) is 102 Å². The van der Waals surface area contributed by atoms with Crippen molar-refractivity contribution in [2.24, 2.45) is 0 Å². The van der Waals surface area contributed by atoms with Crippen molar-refractivity contribution >= 4 is 27.0 Å². The normalized spacial score (nSPS) is 18.1. The van der Waals surface area contributed by atoms with E-state index in [1.165, 1.54) is 62.9 Å². The van der Waals surface area contributed by atoms with Crippen LogP contribution in [0.5, 0.6) is 0 Å². The van der Waals surface area contributed by atoms with Gasteiger partial charge in [0.1, 0.15) is 12.1 Å². The predicted octanol–water partition coefficient (Wildman–Crippen LogP) is 2.75. The highest BCUT2D eigenvalue weighted by atomic mass is 31.2. The van der Waals surface area contributed by atoms with Crippen LogP contribution >= 0.6 is 15.0 Å². The van der Waals surface area contributed by atoms with Gasteiger partial charge in [-0.05, 0) is 13.8 Å². The van der Waals surface area contributed by atoms with Crippen molar-refractivity contribution in [2.75, 3.05) is 40.6 Å². The van der Waals surface area contributed by atoms with Crippen LogP contribution in [0.2, 0.25) is 0 Å². The average Bonchev–Trinajstić information content (AvgIpc) is 2.60. The lowest BCUT2D eigenvalue weighted by molar-refractivity contribution is -0.145. The van der Waals surface area contributed by atoms with Gasteiger partial charge in [0, 0.05) is 26.4 Å². The molecule has 0 amide bonds. The fraction of sp³-hybridized carbons (Fsp3) is 0.625. The summed E-state index contributed by atoms with van der Waals surface area (Å²) in [5.41, 5.74) is 0. The number of carbonyl (C=O) groups excluding carboxylic acids is 2. The minimum atomic E-state index is -3.75. The van der Waals surface area contributed by atoms with Gasteiger partial charge in [-0.2, -0.15) is 0 Å².